The Hall–Kier alpha value is -2.07. The normalized spacial score (nSPS) is 10.8. The average Bonchev–Trinajstić information content (AvgIpc) is 2.50. The lowest BCUT2D eigenvalue weighted by Crippen LogP contribution is -2.19. The number of pyridine rings is 1. The first-order chi connectivity index (χ1) is 10.2. The Labute approximate surface area is 132 Å². The van der Waals surface area contributed by atoms with Gasteiger partial charge in [0.05, 0.1) is 11.4 Å². The van der Waals surface area contributed by atoms with E-state index in [1.54, 1.807) is 6.20 Å². The SMILES string of the molecule is CCN(c1ncc(Br)cc1N)c1cccc2ccccc12. The first-order valence-electron chi connectivity index (χ1n) is 6.87. The molecule has 0 bridgehead atoms. The Balaban J connectivity index is 2.18. The zero-order chi connectivity index (χ0) is 14.8. The van der Waals surface area contributed by atoms with Crippen molar-refractivity contribution in [1.82, 2.24) is 4.98 Å². The number of nitrogens with zero attached hydrogens (tertiary/aromatic N) is 2. The monoisotopic (exact) mass is 341 g/mol. The molecule has 0 atom stereocenters. The Bertz CT molecular complexity index is 781. The predicted octanol–water partition coefficient (Wildman–Crippen LogP) is 4.74. The van der Waals surface area contributed by atoms with Gasteiger partial charge in [-0.25, -0.2) is 4.98 Å². The van der Waals surface area contributed by atoms with Crippen LogP contribution in [-0.4, -0.2) is 11.5 Å². The molecule has 3 aromatic rings. The van der Waals surface area contributed by atoms with E-state index in [-0.39, 0.29) is 0 Å². The number of hydrogen-bond donors (Lipinski definition) is 1. The minimum atomic E-state index is 0.666. The molecule has 2 N–H and O–H groups in total. The summed E-state index contributed by atoms with van der Waals surface area (Å²) in [6.45, 7) is 2.90. The van der Waals surface area contributed by atoms with Crippen LogP contribution in [0.25, 0.3) is 10.8 Å². The number of rotatable bonds is 3. The standard InChI is InChI=1S/C17H16BrN3/c1-2-21(17-15(19)10-13(18)11-20-17)16-9-5-7-12-6-3-4-8-14(12)16/h3-11H,2,19H2,1H3. The van der Waals surface area contributed by atoms with E-state index in [0.717, 1.165) is 22.5 Å². The number of halogens is 1. The summed E-state index contributed by atoms with van der Waals surface area (Å²) in [6.07, 6.45) is 1.78. The number of hydrogen-bond acceptors (Lipinski definition) is 3. The number of nitrogen functional groups attached to an aromatic ring is 1. The molecule has 106 valence electrons. The lowest BCUT2D eigenvalue weighted by molar-refractivity contribution is 0.996. The van der Waals surface area contributed by atoms with Crippen LogP contribution in [0.2, 0.25) is 0 Å². The summed E-state index contributed by atoms with van der Waals surface area (Å²) in [6, 6.07) is 16.5. The molecule has 0 unspecified atom stereocenters. The number of anilines is 3. The van der Waals surface area contributed by atoms with Gasteiger partial charge < -0.3 is 10.6 Å². The van der Waals surface area contributed by atoms with Gasteiger partial charge in [-0.1, -0.05) is 36.4 Å². The average molecular weight is 342 g/mol. The third kappa shape index (κ3) is 2.59. The van der Waals surface area contributed by atoms with Gasteiger partial charge in [0, 0.05) is 22.6 Å². The van der Waals surface area contributed by atoms with Gasteiger partial charge in [-0.15, -0.1) is 0 Å². The van der Waals surface area contributed by atoms with Crippen LogP contribution < -0.4 is 10.6 Å². The van der Waals surface area contributed by atoms with E-state index in [4.69, 9.17) is 5.73 Å². The summed E-state index contributed by atoms with van der Waals surface area (Å²) in [5.74, 6) is 0.789. The third-order valence-corrected chi connectivity index (χ3v) is 3.92. The second kappa shape index (κ2) is 5.74. The quantitative estimate of drug-likeness (QED) is 0.748. The van der Waals surface area contributed by atoms with E-state index in [1.165, 1.54) is 10.8 Å². The molecule has 2 aromatic carbocycles. The molecule has 4 heteroatoms. The summed E-state index contributed by atoms with van der Waals surface area (Å²) in [5, 5.41) is 2.41. The van der Waals surface area contributed by atoms with Crippen LogP contribution >= 0.6 is 15.9 Å². The van der Waals surface area contributed by atoms with E-state index < -0.39 is 0 Å². The molecule has 1 aromatic heterocycles. The van der Waals surface area contributed by atoms with Gasteiger partial charge in [0.1, 0.15) is 0 Å². The Kier molecular flexibility index (Phi) is 3.80. The van der Waals surface area contributed by atoms with Crippen LogP contribution in [0.1, 0.15) is 6.92 Å². The highest BCUT2D eigenvalue weighted by Gasteiger charge is 2.14. The van der Waals surface area contributed by atoms with Crippen molar-refractivity contribution in [3.05, 3.63) is 59.2 Å². The number of nitrogens with two attached hydrogens (primary N) is 1. The minimum absolute atomic E-state index is 0.666. The zero-order valence-corrected chi connectivity index (χ0v) is 13.3. The maximum absolute atomic E-state index is 6.15. The molecule has 0 amide bonds. The van der Waals surface area contributed by atoms with Gasteiger partial charge in [-0.2, -0.15) is 0 Å². The molecule has 3 nitrogen and oxygen atoms in total. The van der Waals surface area contributed by atoms with Gasteiger partial charge in [0.2, 0.25) is 0 Å². The number of benzene rings is 2. The predicted molar refractivity (Wildman–Crippen MR) is 93.0 cm³/mol. The molecule has 0 saturated heterocycles. The van der Waals surface area contributed by atoms with Crippen LogP contribution in [0.15, 0.2) is 59.2 Å². The molecule has 0 spiro atoms. The van der Waals surface area contributed by atoms with E-state index in [0.29, 0.717) is 5.69 Å². The minimum Gasteiger partial charge on any atom is -0.396 e. The van der Waals surface area contributed by atoms with Gasteiger partial charge in [0.25, 0.3) is 0 Å². The maximum Gasteiger partial charge on any atom is 0.156 e. The molecule has 0 aliphatic rings. The first-order valence-corrected chi connectivity index (χ1v) is 7.66. The van der Waals surface area contributed by atoms with Crippen molar-refractivity contribution >= 4 is 43.9 Å². The van der Waals surface area contributed by atoms with E-state index in [1.807, 2.05) is 6.07 Å². The van der Waals surface area contributed by atoms with Crippen LogP contribution in [0, 0.1) is 0 Å². The van der Waals surface area contributed by atoms with E-state index in [2.05, 4.69) is 75.2 Å². The summed E-state index contributed by atoms with van der Waals surface area (Å²) < 4.78 is 0.887. The van der Waals surface area contributed by atoms with Crippen molar-refractivity contribution in [2.75, 3.05) is 17.2 Å². The molecule has 0 aliphatic heterocycles. The smallest absolute Gasteiger partial charge is 0.156 e. The second-order valence-electron chi connectivity index (χ2n) is 4.81. The molecule has 0 fully saturated rings. The van der Waals surface area contributed by atoms with Crippen LogP contribution in [0.3, 0.4) is 0 Å². The molecule has 21 heavy (non-hydrogen) atoms. The summed E-state index contributed by atoms with van der Waals surface area (Å²) >= 11 is 3.40. The highest BCUT2D eigenvalue weighted by Crippen LogP contribution is 2.34. The molecule has 0 saturated carbocycles. The first kappa shape index (κ1) is 13.9. The Morgan fingerprint density at radius 2 is 1.90 bits per heavy atom. The molecular weight excluding hydrogens is 326 g/mol. The van der Waals surface area contributed by atoms with Crippen molar-refractivity contribution in [3.63, 3.8) is 0 Å². The summed E-state index contributed by atoms with van der Waals surface area (Å²) in [5.41, 5.74) is 7.93. The van der Waals surface area contributed by atoms with Gasteiger partial charge in [0.15, 0.2) is 5.82 Å². The number of aromatic nitrogens is 1. The Morgan fingerprint density at radius 1 is 1.14 bits per heavy atom. The van der Waals surface area contributed by atoms with Crippen molar-refractivity contribution in [3.8, 4) is 0 Å². The van der Waals surface area contributed by atoms with Crippen molar-refractivity contribution in [2.24, 2.45) is 0 Å². The lowest BCUT2D eigenvalue weighted by Gasteiger charge is -2.25. The molecular formula is C17H16BrN3. The van der Waals surface area contributed by atoms with Crippen molar-refractivity contribution in [1.29, 1.82) is 0 Å². The van der Waals surface area contributed by atoms with Crippen molar-refractivity contribution < 1.29 is 0 Å². The largest absolute Gasteiger partial charge is 0.396 e. The highest BCUT2D eigenvalue weighted by molar-refractivity contribution is 9.10. The molecule has 0 aliphatic carbocycles. The van der Waals surface area contributed by atoms with Crippen LogP contribution in [0.4, 0.5) is 17.2 Å². The van der Waals surface area contributed by atoms with Gasteiger partial charge >= 0.3 is 0 Å². The lowest BCUT2D eigenvalue weighted by atomic mass is 10.1. The second-order valence-corrected chi connectivity index (χ2v) is 5.72. The van der Waals surface area contributed by atoms with Crippen LogP contribution in [0.5, 0.6) is 0 Å². The third-order valence-electron chi connectivity index (χ3n) is 3.49. The van der Waals surface area contributed by atoms with E-state index in [9.17, 15) is 0 Å². The van der Waals surface area contributed by atoms with Gasteiger partial charge in [-0.05, 0) is 40.4 Å². The maximum atomic E-state index is 6.15. The topological polar surface area (TPSA) is 42.2 Å². The van der Waals surface area contributed by atoms with E-state index >= 15 is 0 Å². The molecule has 1 heterocycles. The molecule has 3 rings (SSSR count). The zero-order valence-electron chi connectivity index (χ0n) is 11.8. The summed E-state index contributed by atoms with van der Waals surface area (Å²) in [4.78, 5) is 6.63. The fraction of sp³-hybridized carbons (Fsp3) is 0.118. The fourth-order valence-electron chi connectivity index (χ4n) is 2.55. The van der Waals surface area contributed by atoms with Crippen LogP contribution in [-0.2, 0) is 0 Å². The van der Waals surface area contributed by atoms with Crippen molar-refractivity contribution in [2.45, 2.75) is 6.92 Å². The fourth-order valence-corrected chi connectivity index (χ4v) is 2.90. The Morgan fingerprint density at radius 3 is 2.67 bits per heavy atom. The van der Waals surface area contributed by atoms with Gasteiger partial charge in [-0.3, -0.25) is 0 Å². The molecule has 0 radical (unpaired) electrons. The highest BCUT2D eigenvalue weighted by atomic mass is 79.9. The number of fused-ring (bicyclic) bond motifs is 1. The summed E-state index contributed by atoms with van der Waals surface area (Å²) in [7, 11) is 0.